The Bertz CT molecular complexity index is 1390. The SMILES string of the molecule is COc1ccc2c(c1)CCN(CCC(=O)N[C@H]1C[C@H]3C[C@@](c4cccc(O)c4)(C1)[C@H](C)CN3CCCc1ccccc1)C2. The second-order valence-corrected chi connectivity index (χ2v) is 13.2. The van der Waals surface area contributed by atoms with Crippen molar-refractivity contribution in [2.24, 2.45) is 5.92 Å². The minimum atomic E-state index is -0.0484. The molecule has 2 aliphatic heterocycles. The van der Waals surface area contributed by atoms with Crippen LogP contribution in [0.4, 0.5) is 0 Å². The third-order valence-electron chi connectivity index (χ3n) is 10.4. The maximum Gasteiger partial charge on any atom is 0.221 e. The number of carbonyl (C=O) groups excluding carboxylic acids is 1. The summed E-state index contributed by atoms with van der Waals surface area (Å²) in [5.41, 5.74) is 5.26. The van der Waals surface area contributed by atoms with Gasteiger partial charge in [0.2, 0.25) is 5.91 Å². The van der Waals surface area contributed by atoms with Gasteiger partial charge in [-0.25, -0.2) is 0 Å². The van der Waals surface area contributed by atoms with E-state index in [1.165, 1.54) is 22.3 Å². The van der Waals surface area contributed by atoms with Gasteiger partial charge in [-0.05, 0) is 97.5 Å². The van der Waals surface area contributed by atoms with E-state index in [1.807, 2.05) is 18.2 Å². The van der Waals surface area contributed by atoms with Crippen LogP contribution in [0.2, 0.25) is 0 Å². The highest BCUT2D eigenvalue weighted by atomic mass is 16.5. The zero-order valence-corrected chi connectivity index (χ0v) is 25.8. The van der Waals surface area contributed by atoms with Crippen molar-refractivity contribution < 1.29 is 14.6 Å². The predicted molar refractivity (Wildman–Crippen MR) is 171 cm³/mol. The van der Waals surface area contributed by atoms with Gasteiger partial charge >= 0.3 is 0 Å². The van der Waals surface area contributed by atoms with Crippen molar-refractivity contribution in [1.29, 1.82) is 0 Å². The van der Waals surface area contributed by atoms with Crippen molar-refractivity contribution in [3.05, 3.63) is 95.1 Å². The standard InChI is InChI=1S/C37H47N3O3/c1-27-25-40(17-7-10-28-8-4-3-5-9-28)33-22-32(23-37(27,24-33)31-11-6-12-34(41)21-31)38-36(42)16-19-39-18-15-29-20-35(43-2)14-13-30(29)26-39/h3-6,8-9,11-14,20-21,27,32-33,41H,7,10,15-19,22-26H2,1-2H3,(H,38,42)/t27-,32+,33+,37+/m1/s1. The van der Waals surface area contributed by atoms with Crippen LogP contribution >= 0.6 is 0 Å². The summed E-state index contributed by atoms with van der Waals surface area (Å²) >= 11 is 0. The number of likely N-dealkylation sites (tertiary alicyclic amines) is 1. The Labute approximate surface area is 257 Å². The van der Waals surface area contributed by atoms with E-state index in [0.717, 1.165) is 77.0 Å². The van der Waals surface area contributed by atoms with E-state index in [0.29, 0.717) is 24.1 Å². The van der Waals surface area contributed by atoms with Crippen LogP contribution in [0.15, 0.2) is 72.8 Å². The molecule has 2 bridgehead atoms. The number of hydrogen-bond acceptors (Lipinski definition) is 5. The summed E-state index contributed by atoms with van der Waals surface area (Å²) < 4.78 is 5.40. The molecule has 2 fully saturated rings. The number of piperidine rings is 1. The van der Waals surface area contributed by atoms with Gasteiger partial charge in [-0.15, -0.1) is 0 Å². The minimum Gasteiger partial charge on any atom is -0.508 e. The fourth-order valence-electron chi connectivity index (χ4n) is 8.11. The molecule has 228 valence electrons. The smallest absolute Gasteiger partial charge is 0.221 e. The van der Waals surface area contributed by atoms with Crippen molar-refractivity contribution in [2.45, 2.75) is 75.9 Å². The lowest BCUT2D eigenvalue weighted by atomic mass is 9.57. The molecule has 0 aromatic heterocycles. The number of hydrogen-bond donors (Lipinski definition) is 2. The lowest BCUT2D eigenvalue weighted by Gasteiger charge is -2.56. The average Bonchev–Trinajstić information content (AvgIpc) is 3.02. The Morgan fingerprint density at radius 3 is 2.70 bits per heavy atom. The summed E-state index contributed by atoms with van der Waals surface area (Å²) in [5, 5.41) is 13.9. The number of carbonyl (C=O) groups is 1. The molecule has 6 rings (SSSR count). The van der Waals surface area contributed by atoms with E-state index in [4.69, 9.17) is 4.74 Å². The monoisotopic (exact) mass is 581 g/mol. The highest BCUT2D eigenvalue weighted by molar-refractivity contribution is 5.76. The molecule has 3 aromatic carbocycles. The number of nitrogens with one attached hydrogen (secondary N) is 1. The van der Waals surface area contributed by atoms with Crippen LogP contribution in [0.5, 0.6) is 11.5 Å². The molecule has 1 saturated heterocycles. The Morgan fingerprint density at radius 1 is 1.02 bits per heavy atom. The number of rotatable bonds is 10. The largest absolute Gasteiger partial charge is 0.508 e. The van der Waals surface area contributed by atoms with Crippen LogP contribution in [-0.2, 0) is 29.6 Å². The summed E-state index contributed by atoms with van der Waals surface area (Å²) in [6, 6.07) is 25.5. The Kier molecular flexibility index (Phi) is 9.06. The van der Waals surface area contributed by atoms with Gasteiger partial charge in [0.25, 0.3) is 0 Å². The van der Waals surface area contributed by atoms with Crippen LogP contribution in [0.3, 0.4) is 0 Å². The Balaban J connectivity index is 1.10. The van der Waals surface area contributed by atoms with E-state index < -0.39 is 0 Å². The molecule has 0 unspecified atom stereocenters. The number of benzene rings is 3. The fraction of sp³-hybridized carbons (Fsp3) is 0.486. The quantitative estimate of drug-likeness (QED) is 0.321. The van der Waals surface area contributed by atoms with E-state index in [1.54, 1.807) is 13.2 Å². The van der Waals surface area contributed by atoms with E-state index in [-0.39, 0.29) is 17.4 Å². The molecule has 43 heavy (non-hydrogen) atoms. The number of aromatic hydroxyl groups is 1. The molecule has 2 N–H and O–H groups in total. The number of methoxy groups -OCH3 is 1. The number of aryl methyl sites for hydroxylation is 1. The fourth-order valence-corrected chi connectivity index (χ4v) is 8.11. The average molecular weight is 582 g/mol. The minimum absolute atomic E-state index is 0.0484. The molecule has 6 nitrogen and oxygen atoms in total. The maximum atomic E-state index is 13.4. The topological polar surface area (TPSA) is 65.0 Å². The van der Waals surface area contributed by atoms with E-state index in [9.17, 15) is 9.90 Å². The molecule has 2 heterocycles. The lowest BCUT2D eigenvalue weighted by molar-refractivity contribution is -0.123. The summed E-state index contributed by atoms with van der Waals surface area (Å²) in [5.74, 6) is 1.82. The Morgan fingerprint density at radius 2 is 1.88 bits per heavy atom. The third-order valence-corrected chi connectivity index (χ3v) is 10.4. The molecule has 6 heteroatoms. The number of phenols is 1. The van der Waals surface area contributed by atoms with Crippen molar-refractivity contribution in [1.82, 2.24) is 15.1 Å². The highest BCUT2D eigenvalue weighted by Gasteiger charge is 2.51. The molecule has 3 aromatic rings. The molecule has 0 radical (unpaired) electrons. The number of fused-ring (bicyclic) bond motifs is 3. The second kappa shape index (κ2) is 13.1. The van der Waals surface area contributed by atoms with Gasteiger partial charge in [0.1, 0.15) is 11.5 Å². The van der Waals surface area contributed by atoms with Gasteiger partial charge in [-0.1, -0.05) is 55.5 Å². The molecule has 4 atom stereocenters. The van der Waals surface area contributed by atoms with Crippen LogP contribution in [0.25, 0.3) is 0 Å². The summed E-state index contributed by atoms with van der Waals surface area (Å²) in [7, 11) is 1.71. The summed E-state index contributed by atoms with van der Waals surface area (Å²) in [6.07, 6.45) is 6.72. The molecular weight excluding hydrogens is 534 g/mol. The molecular formula is C37H47N3O3. The van der Waals surface area contributed by atoms with Crippen LogP contribution in [0.1, 0.15) is 61.3 Å². The zero-order chi connectivity index (χ0) is 29.8. The first-order valence-electron chi connectivity index (χ1n) is 16.2. The first kappa shape index (κ1) is 29.7. The van der Waals surface area contributed by atoms with Crippen molar-refractivity contribution in [2.75, 3.05) is 33.3 Å². The van der Waals surface area contributed by atoms with Crippen LogP contribution < -0.4 is 10.1 Å². The number of phenolic OH excluding ortho intramolecular Hbond substituents is 1. The molecule has 0 spiro atoms. The number of amides is 1. The van der Waals surface area contributed by atoms with Gasteiger partial charge in [-0.2, -0.15) is 0 Å². The number of ether oxygens (including phenoxy) is 1. The van der Waals surface area contributed by atoms with Crippen molar-refractivity contribution in [3.63, 3.8) is 0 Å². The van der Waals surface area contributed by atoms with Gasteiger partial charge in [-0.3, -0.25) is 14.6 Å². The lowest BCUT2D eigenvalue weighted by Crippen LogP contribution is -2.61. The second-order valence-electron chi connectivity index (χ2n) is 13.2. The van der Waals surface area contributed by atoms with Crippen LogP contribution in [-0.4, -0.2) is 66.2 Å². The molecule has 1 saturated carbocycles. The van der Waals surface area contributed by atoms with Gasteiger partial charge < -0.3 is 15.2 Å². The van der Waals surface area contributed by atoms with Crippen molar-refractivity contribution >= 4 is 5.91 Å². The van der Waals surface area contributed by atoms with E-state index >= 15 is 0 Å². The van der Waals surface area contributed by atoms with Gasteiger partial charge in [0, 0.05) is 50.1 Å². The van der Waals surface area contributed by atoms with Gasteiger partial charge in [0.15, 0.2) is 0 Å². The molecule has 1 aliphatic carbocycles. The normalized spacial score (nSPS) is 25.6. The Hall–Kier alpha value is -3.35. The first-order valence-corrected chi connectivity index (χ1v) is 16.2. The predicted octanol–water partition coefficient (Wildman–Crippen LogP) is 5.71. The number of nitrogens with zero attached hydrogens (tertiary/aromatic N) is 2. The molecule has 3 aliphatic rings. The first-order chi connectivity index (χ1) is 20.9. The summed E-state index contributed by atoms with van der Waals surface area (Å²) in [4.78, 5) is 18.5. The maximum absolute atomic E-state index is 13.4. The highest BCUT2D eigenvalue weighted by Crippen LogP contribution is 2.50. The zero-order valence-electron chi connectivity index (χ0n) is 25.8. The third kappa shape index (κ3) is 6.76. The van der Waals surface area contributed by atoms with Crippen LogP contribution in [0, 0.1) is 5.92 Å². The van der Waals surface area contributed by atoms with Gasteiger partial charge in [0.05, 0.1) is 7.11 Å². The van der Waals surface area contributed by atoms with E-state index in [2.05, 4.69) is 70.6 Å². The summed E-state index contributed by atoms with van der Waals surface area (Å²) in [6.45, 7) is 7.12. The van der Waals surface area contributed by atoms with Crippen molar-refractivity contribution in [3.8, 4) is 11.5 Å². The molecule has 1 amide bonds.